The number of hydrogen-bond acceptors (Lipinski definition) is 12. The van der Waals surface area contributed by atoms with Crippen LogP contribution < -0.4 is 24.4 Å². The van der Waals surface area contributed by atoms with E-state index >= 15 is 0 Å². The molecule has 3 aliphatic rings. The van der Waals surface area contributed by atoms with Gasteiger partial charge in [0.1, 0.15) is 0 Å². The Morgan fingerprint density at radius 2 is 0.488 bits per heavy atom. The fourth-order valence-electron chi connectivity index (χ4n) is 5.62. The number of fused-ring (bicyclic) bond motifs is 15. The van der Waals surface area contributed by atoms with Gasteiger partial charge in [-0.15, -0.1) is 0 Å². The quantitative estimate of drug-likeness (QED) is 0.112. The molecule has 6 aromatic rings. The normalized spacial score (nSPS) is 18.4. The molecule has 0 amide bonds. The molecule has 43 heavy (non-hydrogen) atoms. The Bertz CT molecular complexity index is 1730. The van der Waals surface area contributed by atoms with E-state index in [-0.39, 0.29) is 0 Å². The van der Waals surface area contributed by atoms with Gasteiger partial charge in [-0.2, -0.15) is 0 Å². The maximum atomic E-state index is 4.64. The summed E-state index contributed by atoms with van der Waals surface area (Å²) in [6.45, 7) is 0. The van der Waals surface area contributed by atoms with Gasteiger partial charge in [0.2, 0.25) is 0 Å². The predicted molar refractivity (Wildman–Crippen MR) is 164 cm³/mol. The standard InChI is InChI=1S/3C10H8N4.Ru/c3*11-7-1-3-13-9(5-7)10-6-8(12)2-4-14-10;/h3*1-6H,(H2-2,11,12,13,14);/q3*-2;+6. The molecule has 3 aliphatic heterocycles. The molecular formula is C30H24N12Ru. The van der Waals surface area contributed by atoms with Crippen LogP contribution in [0.2, 0.25) is 0 Å². The molecule has 12 nitrogen and oxygen atoms in total. The molecule has 0 aromatic carbocycles. The second-order valence-electron chi connectivity index (χ2n) is 10.4. The molecular weight excluding hydrogens is 629 g/mol. The SMILES string of the molecule is c1cc2cc(n1)-c1cc(ccn1)[NH][Ru]13([NH]2)([NH]c2ccnc(c2)-c2cc(ccn2)[NH]1)[NH]c1ccnc(c1)-c1cc(ccn1)[NH]3. The van der Waals surface area contributed by atoms with Crippen molar-refractivity contribution in [2.45, 2.75) is 0 Å². The van der Waals surface area contributed by atoms with Crippen molar-refractivity contribution in [3.63, 3.8) is 0 Å². The van der Waals surface area contributed by atoms with Gasteiger partial charge in [0.05, 0.1) is 0 Å². The Morgan fingerprint density at radius 1 is 0.302 bits per heavy atom. The van der Waals surface area contributed by atoms with E-state index in [0.717, 1.165) is 68.3 Å². The van der Waals surface area contributed by atoms with Gasteiger partial charge in [-0.1, -0.05) is 0 Å². The fraction of sp³-hybridized carbons (Fsp3) is 0. The molecule has 9 heterocycles. The van der Waals surface area contributed by atoms with Crippen molar-refractivity contribution in [2.24, 2.45) is 0 Å². The molecule has 9 rings (SSSR count). The van der Waals surface area contributed by atoms with Crippen LogP contribution in [0.5, 0.6) is 0 Å². The van der Waals surface area contributed by atoms with Gasteiger partial charge in [0.15, 0.2) is 0 Å². The van der Waals surface area contributed by atoms with E-state index in [0.29, 0.717) is 0 Å². The fourth-order valence-corrected chi connectivity index (χ4v) is 16.4. The molecule has 1 spiro atoms. The van der Waals surface area contributed by atoms with Crippen LogP contribution in [0.3, 0.4) is 0 Å². The second-order valence-corrected chi connectivity index (χ2v) is 19.6. The zero-order valence-corrected chi connectivity index (χ0v) is 24.2. The topological polar surface area (TPSA) is 150 Å². The third kappa shape index (κ3) is 3.65. The van der Waals surface area contributed by atoms with E-state index in [1.54, 1.807) is 37.2 Å². The molecule has 0 saturated carbocycles. The summed E-state index contributed by atoms with van der Waals surface area (Å²) in [5.74, 6) is 0. The van der Waals surface area contributed by atoms with Crippen molar-refractivity contribution < 1.29 is 13.9 Å². The Hall–Kier alpha value is -5.68. The van der Waals surface area contributed by atoms with Crippen LogP contribution in [0, 0.1) is 0 Å². The number of hydrogen-bond donors (Lipinski definition) is 6. The van der Waals surface area contributed by atoms with Gasteiger partial charge in [-0.25, -0.2) is 0 Å². The molecule has 6 aromatic heterocycles. The molecule has 0 atom stereocenters. The molecule has 0 fully saturated rings. The van der Waals surface area contributed by atoms with Crippen LogP contribution in [-0.2, 0) is 13.9 Å². The first kappa shape index (κ1) is 24.0. The van der Waals surface area contributed by atoms with Crippen molar-refractivity contribution in [3.05, 3.63) is 110 Å². The Labute approximate surface area is 245 Å². The number of nitrogens with one attached hydrogen (secondary N) is 6. The predicted octanol–water partition coefficient (Wildman–Crippen LogP) is 5.69. The second kappa shape index (κ2) is 7.99. The monoisotopic (exact) mass is 654 g/mol. The summed E-state index contributed by atoms with van der Waals surface area (Å²) in [5.41, 5.74) is 9.11. The summed E-state index contributed by atoms with van der Waals surface area (Å²) >= 11 is -6.01. The van der Waals surface area contributed by atoms with Gasteiger partial charge >= 0.3 is 246 Å². The molecule has 0 unspecified atom stereocenters. The van der Waals surface area contributed by atoms with Crippen LogP contribution in [0.1, 0.15) is 0 Å². The Balaban J connectivity index is 1.48. The van der Waals surface area contributed by atoms with Gasteiger partial charge in [0.25, 0.3) is 0 Å². The number of rotatable bonds is 0. The number of pyridine rings is 6. The minimum atomic E-state index is -6.01. The third-order valence-corrected chi connectivity index (χ3v) is 16.8. The summed E-state index contributed by atoms with van der Waals surface area (Å²) in [6, 6.07) is 23.6. The third-order valence-electron chi connectivity index (χ3n) is 7.29. The molecule has 12 bridgehead atoms. The van der Waals surface area contributed by atoms with Crippen LogP contribution in [0.4, 0.5) is 34.1 Å². The van der Waals surface area contributed by atoms with Crippen molar-refractivity contribution in [2.75, 3.05) is 24.4 Å². The van der Waals surface area contributed by atoms with Crippen LogP contribution in [0.15, 0.2) is 110 Å². The average molecular weight is 654 g/mol. The zero-order valence-electron chi connectivity index (χ0n) is 22.4. The van der Waals surface area contributed by atoms with Crippen LogP contribution >= 0.6 is 0 Å². The summed E-state index contributed by atoms with van der Waals surface area (Å²) in [5, 5.41) is 0. The first-order valence-electron chi connectivity index (χ1n) is 13.4. The summed E-state index contributed by atoms with van der Waals surface area (Å²) in [4.78, 5) is 27.9. The maximum absolute atomic E-state index is 6.01. The minimum absolute atomic E-state index is 0.735. The van der Waals surface area contributed by atoms with E-state index in [4.69, 9.17) is 0 Å². The van der Waals surface area contributed by atoms with Gasteiger partial charge in [-0.3, -0.25) is 0 Å². The zero-order chi connectivity index (χ0) is 28.5. The van der Waals surface area contributed by atoms with Crippen LogP contribution in [0.25, 0.3) is 34.2 Å². The summed E-state index contributed by atoms with van der Waals surface area (Å²) < 4.78 is 24.1. The number of nitrogens with zero attached hydrogens (tertiary/aromatic N) is 6. The molecule has 0 radical (unpaired) electrons. The molecule has 6 N–H and O–H groups in total. The van der Waals surface area contributed by atoms with E-state index in [9.17, 15) is 0 Å². The molecule has 13 heteroatoms. The van der Waals surface area contributed by atoms with Gasteiger partial charge in [0, 0.05) is 0 Å². The first-order chi connectivity index (χ1) is 21.0. The van der Waals surface area contributed by atoms with Crippen molar-refractivity contribution >= 4 is 34.1 Å². The van der Waals surface area contributed by atoms with E-state index in [1.807, 2.05) is 72.8 Å². The van der Waals surface area contributed by atoms with Gasteiger partial charge < -0.3 is 0 Å². The van der Waals surface area contributed by atoms with E-state index in [1.165, 1.54) is 0 Å². The molecule has 0 aliphatic carbocycles. The number of anilines is 6. The average Bonchev–Trinajstić information content (AvgIpc) is 3.05. The Morgan fingerprint density at radius 3 is 0.674 bits per heavy atom. The van der Waals surface area contributed by atoms with Gasteiger partial charge in [-0.05, 0) is 0 Å². The van der Waals surface area contributed by atoms with E-state index in [2.05, 4.69) is 54.3 Å². The van der Waals surface area contributed by atoms with E-state index < -0.39 is 13.9 Å². The first-order valence-corrected chi connectivity index (χ1v) is 18.6. The van der Waals surface area contributed by atoms with Crippen LogP contribution in [-0.4, -0.2) is 29.9 Å². The number of aromatic nitrogens is 6. The summed E-state index contributed by atoms with van der Waals surface area (Å²) in [6.07, 6.45) is 10.7. The van der Waals surface area contributed by atoms with Crippen molar-refractivity contribution in [1.29, 1.82) is 0 Å². The molecule has 0 saturated heterocycles. The summed E-state index contributed by atoms with van der Waals surface area (Å²) in [7, 11) is 0. The molecule has 212 valence electrons. The van der Waals surface area contributed by atoms with Crippen molar-refractivity contribution in [3.8, 4) is 34.2 Å². The Kier molecular flexibility index (Phi) is 4.45. The van der Waals surface area contributed by atoms with Crippen molar-refractivity contribution in [1.82, 2.24) is 29.9 Å².